The Hall–Kier alpha value is -0.570. The summed E-state index contributed by atoms with van der Waals surface area (Å²) in [6.07, 6.45) is 2.31. The molecule has 0 heterocycles. The van der Waals surface area contributed by atoms with Crippen molar-refractivity contribution in [1.29, 1.82) is 0 Å². The van der Waals surface area contributed by atoms with Gasteiger partial charge in [0, 0.05) is 13.5 Å². The highest BCUT2D eigenvalue weighted by Crippen LogP contribution is 2.46. The van der Waals surface area contributed by atoms with Gasteiger partial charge in [-0.05, 0) is 24.2 Å². The Morgan fingerprint density at radius 3 is 2.67 bits per heavy atom. The largest absolute Gasteiger partial charge is 0.481 e. The van der Waals surface area contributed by atoms with E-state index in [1.54, 1.807) is 7.11 Å². The van der Waals surface area contributed by atoms with Crippen molar-refractivity contribution < 1.29 is 14.6 Å². The highest BCUT2D eigenvalue weighted by atomic mass is 16.5. The Morgan fingerprint density at radius 2 is 2.25 bits per heavy atom. The Balaban J connectivity index is 2.22. The molecule has 1 aliphatic carbocycles. The first-order valence-electron chi connectivity index (χ1n) is 4.26. The zero-order valence-corrected chi connectivity index (χ0v) is 7.67. The van der Waals surface area contributed by atoms with E-state index < -0.39 is 5.97 Å². The number of hydrogen-bond donors (Lipinski definition) is 1. The molecule has 0 aromatic carbocycles. The molecule has 3 nitrogen and oxygen atoms in total. The van der Waals surface area contributed by atoms with Crippen LogP contribution in [0.25, 0.3) is 0 Å². The van der Waals surface area contributed by atoms with E-state index in [-0.39, 0.29) is 5.41 Å². The van der Waals surface area contributed by atoms with Crippen LogP contribution in [-0.2, 0) is 9.53 Å². The van der Waals surface area contributed by atoms with E-state index in [2.05, 4.69) is 6.92 Å². The van der Waals surface area contributed by atoms with Crippen molar-refractivity contribution in [2.75, 3.05) is 13.7 Å². The number of carbonyl (C=O) groups is 1. The Kier molecular flexibility index (Phi) is 2.73. The van der Waals surface area contributed by atoms with Gasteiger partial charge in [-0.25, -0.2) is 0 Å². The van der Waals surface area contributed by atoms with E-state index in [0.717, 1.165) is 19.4 Å². The van der Waals surface area contributed by atoms with Gasteiger partial charge in [0.1, 0.15) is 0 Å². The number of carboxylic acids is 1. The lowest BCUT2D eigenvalue weighted by atomic mass is 9.62. The van der Waals surface area contributed by atoms with Gasteiger partial charge >= 0.3 is 5.97 Å². The molecule has 0 bridgehead atoms. The summed E-state index contributed by atoms with van der Waals surface area (Å²) in [5.74, 6) is -0.304. The number of hydrogen-bond acceptors (Lipinski definition) is 2. The molecule has 1 aliphatic rings. The lowest BCUT2D eigenvalue weighted by Crippen LogP contribution is -2.39. The molecule has 12 heavy (non-hydrogen) atoms. The summed E-state index contributed by atoms with van der Waals surface area (Å²) < 4.78 is 5.05. The quantitative estimate of drug-likeness (QED) is 0.699. The zero-order chi connectivity index (χ0) is 9.19. The maximum Gasteiger partial charge on any atom is 0.303 e. The van der Waals surface area contributed by atoms with Crippen LogP contribution in [0.2, 0.25) is 0 Å². The first-order chi connectivity index (χ1) is 5.56. The average Bonchev–Trinajstić information content (AvgIpc) is 1.83. The van der Waals surface area contributed by atoms with E-state index in [1.165, 1.54) is 0 Å². The average molecular weight is 172 g/mol. The molecule has 1 saturated carbocycles. The van der Waals surface area contributed by atoms with Crippen molar-refractivity contribution in [3.8, 4) is 0 Å². The van der Waals surface area contributed by atoms with Crippen LogP contribution < -0.4 is 0 Å². The van der Waals surface area contributed by atoms with Gasteiger partial charge in [0.2, 0.25) is 0 Å². The van der Waals surface area contributed by atoms with Crippen LogP contribution in [0.5, 0.6) is 0 Å². The molecule has 70 valence electrons. The normalized spacial score (nSPS) is 34.3. The van der Waals surface area contributed by atoms with Gasteiger partial charge in [-0.3, -0.25) is 4.79 Å². The lowest BCUT2D eigenvalue weighted by molar-refractivity contribution is -0.140. The lowest BCUT2D eigenvalue weighted by Gasteiger charge is -2.44. The van der Waals surface area contributed by atoms with Crippen LogP contribution >= 0.6 is 0 Å². The number of ether oxygens (including phenoxy) is 1. The molecule has 0 aromatic rings. The van der Waals surface area contributed by atoms with Crippen LogP contribution in [0.1, 0.15) is 26.2 Å². The van der Waals surface area contributed by atoms with Gasteiger partial charge in [0.05, 0.1) is 6.61 Å². The van der Waals surface area contributed by atoms with Crippen LogP contribution in [0, 0.1) is 11.3 Å². The Morgan fingerprint density at radius 1 is 1.67 bits per heavy atom. The fraction of sp³-hybridized carbons (Fsp3) is 0.889. The minimum absolute atomic E-state index is 0.245. The first kappa shape index (κ1) is 9.52. The highest BCUT2D eigenvalue weighted by molar-refractivity contribution is 5.67. The van der Waals surface area contributed by atoms with E-state index in [1.807, 2.05) is 0 Å². The molecule has 1 rings (SSSR count). The molecule has 0 saturated heterocycles. The summed E-state index contributed by atoms with van der Waals surface area (Å²) in [6.45, 7) is 2.90. The van der Waals surface area contributed by atoms with Gasteiger partial charge in [-0.2, -0.15) is 0 Å². The van der Waals surface area contributed by atoms with Gasteiger partial charge in [0.25, 0.3) is 0 Å². The summed E-state index contributed by atoms with van der Waals surface area (Å²) >= 11 is 0. The predicted octanol–water partition coefficient (Wildman–Crippen LogP) is 1.52. The second-order valence-electron chi connectivity index (χ2n) is 4.12. The maximum absolute atomic E-state index is 10.3. The van der Waals surface area contributed by atoms with Crippen molar-refractivity contribution in [2.45, 2.75) is 26.2 Å². The number of rotatable bonds is 4. The maximum atomic E-state index is 10.3. The van der Waals surface area contributed by atoms with Crippen LogP contribution in [0.3, 0.4) is 0 Å². The van der Waals surface area contributed by atoms with E-state index in [4.69, 9.17) is 9.84 Å². The van der Waals surface area contributed by atoms with Crippen molar-refractivity contribution in [1.82, 2.24) is 0 Å². The molecule has 3 heteroatoms. The van der Waals surface area contributed by atoms with E-state index in [0.29, 0.717) is 12.3 Å². The predicted molar refractivity (Wildman–Crippen MR) is 45.0 cm³/mol. The van der Waals surface area contributed by atoms with Crippen molar-refractivity contribution in [3.63, 3.8) is 0 Å². The Labute approximate surface area is 72.7 Å². The summed E-state index contributed by atoms with van der Waals surface area (Å²) in [5, 5.41) is 8.52. The van der Waals surface area contributed by atoms with Crippen molar-refractivity contribution in [2.24, 2.45) is 11.3 Å². The van der Waals surface area contributed by atoms with Crippen LogP contribution in [0.15, 0.2) is 0 Å². The second-order valence-corrected chi connectivity index (χ2v) is 4.12. The standard InChI is InChI=1S/C9H16O3/c1-9(6-12-2)4-7(5-9)3-8(10)11/h7H,3-6H2,1-2H3,(H,10,11). The fourth-order valence-corrected chi connectivity index (χ4v) is 2.19. The summed E-state index contributed by atoms with van der Waals surface area (Å²) in [5.41, 5.74) is 0.245. The molecule has 1 N–H and O–H groups in total. The monoisotopic (exact) mass is 172 g/mol. The van der Waals surface area contributed by atoms with Gasteiger partial charge < -0.3 is 9.84 Å². The highest BCUT2D eigenvalue weighted by Gasteiger charge is 2.40. The smallest absolute Gasteiger partial charge is 0.303 e. The molecular formula is C9H16O3. The second kappa shape index (κ2) is 3.44. The van der Waals surface area contributed by atoms with Crippen molar-refractivity contribution >= 4 is 5.97 Å². The molecular weight excluding hydrogens is 156 g/mol. The minimum atomic E-state index is -0.681. The number of aliphatic carboxylic acids is 1. The summed E-state index contributed by atoms with van der Waals surface area (Å²) in [7, 11) is 1.69. The molecule has 0 spiro atoms. The molecule has 0 atom stereocenters. The molecule has 0 radical (unpaired) electrons. The fourth-order valence-electron chi connectivity index (χ4n) is 2.19. The van der Waals surface area contributed by atoms with Gasteiger partial charge in [-0.1, -0.05) is 6.92 Å². The minimum Gasteiger partial charge on any atom is -0.481 e. The third kappa shape index (κ3) is 2.21. The van der Waals surface area contributed by atoms with Gasteiger partial charge in [0.15, 0.2) is 0 Å². The van der Waals surface area contributed by atoms with Crippen LogP contribution in [0.4, 0.5) is 0 Å². The summed E-state index contributed by atoms with van der Waals surface area (Å²) in [4.78, 5) is 10.3. The van der Waals surface area contributed by atoms with Crippen molar-refractivity contribution in [3.05, 3.63) is 0 Å². The molecule has 0 aliphatic heterocycles. The van der Waals surface area contributed by atoms with Gasteiger partial charge in [-0.15, -0.1) is 0 Å². The third-order valence-electron chi connectivity index (χ3n) is 2.52. The summed E-state index contributed by atoms with van der Waals surface area (Å²) in [6, 6.07) is 0. The van der Waals surface area contributed by atoms with E-state index >= 15 is 0 Å². The van der Waals surface area contributed by atoms with Crippen LogP contribution in [-0.4, -0.2) is 24.8 Å². The SMILES string of the molecule is COCC1(C)CC(CC(=O)O)C1. The third-order valence-corrected chi connectivity index (χ3v) is 2.52. The Bertz CT molecular complexity index is 171. The zero-order valence-electron chi connectivity index (χ0n) is 7.67. The molecule has 0 aromatic heterocycles. The number of carboxylic acid groups (broad SMARTS) is 1. The first-order valence-corrected chi connectivity index (χ1v) is 4.26. The number of methoxy groups -OCH3 is 1. The molecule has 0 unspecified atom stereocenters. The molecule has 0 amide bonds. The molecule has 1 fully saturated rings. The van der Waals surface area contributed by atoms with E-state index in [9.17, 15) is 4.79 Å². The topological polar surface area (TPSA) is 46.5 Å².